The number of nitrogens with zero attached hydrogens (tertiary/aromatic N) is 3. The van der Waals surface area contributed by atoms with E-state index in [1.165, 1.54) is 6.26 Å². The average Bonchev–Trinajstić information content (AvgIpc) is 3.00. The first kappa shape index (κ1) is 15.9. The van der Waals surface area contributed by atoms with Gasteiger partial charge in [0.2, 0.25) is 0 Å². The molecule has 0 aromatic carbocycles. The second-order valence-corrected chi connectivity index (χ2v) is 4.35. The topological polar surface area (TPSA) is 125 Å². The van der Waals surface area contributed by atoms with Crippen molar-refractivity contribution < 1.29 is 9.15 Å². The third kappa shape index (κ3) is 4.54. The number of hydrogen-bond donors (Lipinski definition) is 3. The second-order valence-electron chi connectivity index (χ2n) is 4.35. The van der Waals surface area contributed by atoms with Gasteiger partial charge < -0.3 is 20.6 Å². The quantitative estimate of drug-likeness (QED) is 0.395. The van der Waals surface area contributed by atoms with Crippen LogP contribution in [0, 0.1) is 0 Å². The lowest BCUT2D eigenvalue weighted by Gasteiger charge is -2.01. The Kier molecular flexibility index (Phi) is 5.87. The lowest BCUT2D eigenvalue weighted by atomic mass is 10.2. The lowest BCUT2D eigenvalue weighted by Crippen LogP contribution is -2.23. The van der Waals surface area contributed by atoms with Crippen LogP contribution in [0.1, 0.15) is 12.6 Å². The Hall–Kier alpha value is -2.45. The zero-order valence-electron chi connectivity index (χ0n) is 12.5. The average molecular weight is 304 g/mol. The van der Waals surface area contributed by atoms with Gasteiger partial charge in [0, 0.05) is 13.2 Å². The molecular formula is C14H20N6O2. The van der Waals surface area contributed by atoms with Gasteiger partial charge in [-0.15, -0.1) is 0 Å². The highest BCUT2D eigenvalue weighted by Crippen LogP contribution is 2.18. The van der Waals surface area contributed by atoms with Crippen LogP contribution in [0.4, 0.5) is 6.01 Å². The predicted molar refractivity (Wildman–Crippen MR) is 84.2 cm³/mol. The number of aromatic nitrogens is 2. The molecular weight excluding hydrogens is 284 g/mol. The number of oxazole rings is 1. The summed E-state index contributed by atoms with van der Waals surface area (Å²) in [7, 11) is 0. The van der Waals surface area contributed by atoms with Crippen LogP contribution in [0.25, 0.3) is 11.4 Å². The van der Waals surface area contributed by atoms with Crippen molar-refractivity contribution in [3.63, 3.8) is 0 Å². The molecule has 0 unspecified atom stereocenters. The minimum absolute atomic E-state index is 0.219. The number of rotatable bonds is 7. The molecule has 0 atom stereocenters. The molecule has 0 fully saturated rings. The maximum Gasteiger partial charge on any atom is 0.302 e. The highest BCUT2D eigenvalue weighted by Gasteiger charge is 2.08. The number of nitrogens with one attached hydrogen (secondary N) is 1. The lowest BCUT2D eigenvalue weighted by molar-refractivity contribution is 0.156. The van der Waals surface area contributed by atoms with Crippen molar-refractivity contribution in [3.8, 4) is 11.4 Å². The summed E-state index contributed by atoms with van der Waals surface area (Å²) >= 11 is 0. The maximum atomic E-state index is 5.73. The number of aliphatic imine (C=N–C) groups is 1. The maximum absolute atomic E-state index is 5.73. The van der Waals surface area contributed by atoms with Gasteiger partial charge in [0.15, 0.2) is 5.96 Å². The molecule has 118 valence electrons. The van der Waals surface area contributed by atoms with Crippen LogP contribution in [0.5, 0.6) is 0 Å². The summed E-state index contributed by atoms with van der Waals surface area (Å²) in [5.74, 6) is 0.219. The first-order valence-corrected chi connectivity index (χ1v) is 6.99. The summed E-state index contributed by atoms with van der Waals surface area (Å²) < 4.78 is 10.5. The van der Waals surface area contributed by atoms with Gasteiger partial charge >= 0.3 is 6.01 Å². The Bertz CT molecular complexity index is 625. The van der Waals surface area contributed by atoms with Crippen molar-refractivity contribution >= 4 is 12.0 Å². The fourth-order valence-electron chi connectivity index (χ4n) is 1.71. The van der Waals surface area contributed by atoms with Gasteiger partial charge in [0.25, 0.3) is 0 Å². The van der Waals surface area contributed by atoms with E-state index < -0.39 is 0 Å². The normalized spacial score (nSPS) is 11.6. The van der Waals surface area contributed by atoms with Crippen LogP contribution in [-0.2, 0) is 11.3 Å². The highest BCUT2D eigenvalue weighted by molar-refractivity contribution is 5.90. The first-order valence-electron chi connectivity index (χ1n) is 6.99. The Morgan fingerprint density at radius 1 is 1.36 bits per heavy atom. The number of nitrogens with two attached hydrogens (primary N) is 2. The van der Waals surface area contributed by atoms with Gasteiger partial charge in [0.05, 0.1) is 24.5 Å². The van der Waals surface area contributed by atoms with Crippen molar-refractivity contribution in [2.75, 3.05) is 25.1 Å². The summed E-state index contributed by atoms with van der Waals surface area (Å²) in [4.78, 5) is 12.7. The van der Waals surface area contributed by atoms with Crippen LogP contribution >= 0.6 is 0 Å². The van der Waals surface area contributed by atoms with Crippen LogP contribution in [-0.4, -0.2) is 35.7 Å². The van der Waals surface area contributed by atoms with Crippen LogP contribution < -0.4 is 16.8 Å². The zero-order chi connectivity index (χ0) is 15.8. The van der Waals surface area contributed by atoms with E-state index in [1.807, 2.05) is 25.1 Å². The molecule has 0 bridgehead atoms. The molecule has 5 N–H and O–H groups in total. The van der Waals surface area contributed by atoms with Gasteiger partial charge in [-0.25, -0.2) is 4.98 Å². The SMILES string of the molecule is CCOCCN=C(N)Nc1nc(-c2cccc(CN)n2)co1. The van der Waals surface area contributed by atoms with Gasteiger partial charge in [0.1, 0.15) is 12.0 Å². The van der Waals surface area contributed by atoms with Crippen molar-refractivity contribution in [2.45, 2.75) is 13.5 Å². The summed E-state index contributed by atoms with van der Waals surface area (Å²) in [5.41, 5.74) is 13.4. The Morgan fingerprint density at radius 2 is 2.23 bits per heavy atom. The van der Waals surface area contributed by atoms with Crippen molar-refractivity contribution in [1.29, 1.82) is 0 Å². The van der Waals surface area contributed by atoms with Crippen molar-refractivity contribution in [1.82, 2.24) is 9.97 Å². The van der Waals surface area contributed by atoms with E-state index in [2.05, 4.69) is 20.3 Å². The smallest absolute Gasteiger partial charge is 0.302 e. The van der Waals surface area contributed by atoms with Crippen LogP contribution in [0.2, 0.25) is 0 Å². The molecule has 0 spiro atoms. The first-order chi connectivity index (χ1) is 10.7. The minimum Gasteiger partial charge on any atom is -0.431 e. The summed E-state index contributed by atoms with van der Waals surface area (Å²) in [6, 6.07) is 5.81. The van der Waals surface area contributed by atoms with E-state index in [0.29, 0.717) is 37.7 Å². The van der Waals surface area contributed by atoms with Crippen LogP contribution in [0.15, 0.2) is 33.9 Å². The van der Waals surface area contributed by atoms with E-state index in [0.717, 1.165) is 5.69 Å². The molecule has 0 aliphatic rings. The van der Waals surface area contributed by atoms with Crippen molar-refractivity contribution in [2.24, 2.45) is 16.5 Å². The fraction of sp³-hybridized carbons (Fsp3) is 0.357. The molecule has 0 aliphatic carbocycles. The molecule has 2 heterocycles. The molecule has 2 rings (SSSR count). The summed E-state index contributed by atoms with van der Waals surface area (Å²) in [5, 5.41) is 2.78. The Balaban J connectivity index is 1.99. The molecule has 8 nitrogen and oxygen atoms in total. The van der Waals surface area contributed by atoms with E-state index in [-0.39, 0.29) is 12.0 Å². The largest absolute Gasteiger partial charge is 0.431 e. The number of ether oxygens (including phenoxy) is 1. The highest BCUT2D eigenvalue weighted by atomic mass is 16.5. The summed E-state index contributed by atoms with van der Waals surface area (Å²) in [6.45, 7) is 3.94. The van der Waals surface area contributed by atoms with E-state index >= 15 is 0 Å². The third-order valence-electron chi connectivity index (χ3n) is 2.74. The van der Waals surface area contributed by atoms with E-state index in [9.17, 15) is 0 Å². The minimum atomic E-state index is 0.219. The molecule has 2 aromatic heterocycles. The Morgan fingerprint density at radius 3 is 3.00 bits per heavy atom. The van der Waals surface area contributed by atoms with Crippen molar-refractivity contribution in [3.05, 3.63) is 30.2 Å². The molecule has 0 radical (unpaired) electrons. The van der Waals surface area contributed by atoms with Gasteiger partial charge in [-0.1, -0.05) is 6.07 Å². The molecule has 2 aromatic rings. The predicted octanol–water partition coefficient (Wildman–Crippen LogP) is 0.958. The molecule has 0 saturated carbocycles. The number of anilines is 1. The van der Waals surface area contributed by atoms with E-state index in [1.54, 1.807) is 0 Å². The second kappa shape index (κ2) is 8.11. The fourth-order valence-corrected chi connectivity index (χ4v) is 1.71. The molecule has 22 heavy (non-hydrogen) atoms. The zero-order valence-corrected chi connectivity index (χ0v) is 12.5. The number of guanidine groups is 1. The standard InChI is InChI=1S/C14H20N6O2/c1-2-21-7-6-17-13(16)20-14-19-12(9-22-14)11-5-3-4-10(8-15)18-11/h3-5,9H,2,6-8,15H2,1H3,(H3,16,17,19,20). The number of pyridine rings is 1. The third-order valence-corrected chi connectivity index (χ3v) is 2.74. The number of hydrogen-bond acceptors (Lipinski definition) is 6. The monoisotopic (exact) mass is 304 g/mol. The molecule has 0 aliphatic heterocycles. The summed E-state index contributed by atoms with van der Waals surface area (Å²) in [6.07, 6.45) is 1.50. The molecule has 0 amide bonds. The van der Waals surface area contributed by atoms with E-state index in [4.69, 9.17) is 20.6 Å². The molecule has 0 saturated heterocycles. The molecule has 8 heteroatoms. The van der Waals surface area contributed by atoms with Gasteiger partial charge in [-0.3, -0.25) is 10.3 Å². The van der Waals surface area contributed by atoms with Gasteiger partial charge in [-0.05, 0) is 19.1 Å². The Labute approximate surface area is 128 Å². The van der Waals surface area contributed by atoms with Gasteiger partial charge in [-0.2, -0.15) is 4.98 Å². The van der Waals surface area contributed by atoms with Crippen LogP contribution in [0.3, 0.4) is 0 Å².